The number of nitriles is 1. The molecule has 38 heavy (non-hydrogen) atoms. The minimum atomic E-state index is -0.654. The van der Waals surface area contributed by atoms with Crippen LogP contribution in [-0.2, 0) is 15.6 Å². The van der Waals surface area contributed by atoms with E-state index in [2.05, 4.69) is 38.4 Å². The van der Waals surface area contributed by atoms with Gasteiger partial charge in [-0.3, -0.25) is 14.0 Å². The zero-order chi connectivity index (χ0) is 26.4. The third kappa shape index (κ3) is 6.48. The fraction of sp³-hybridized carbons (Fsp3) is 0.448. The van der Waals surface area contributed by atoms with Gasteiger partial charge in [-0.25, -0.2) is 4.98 Å². The number of hydrogen-bond acceptors (Lipinski definition) is 7. The van der Waals surface area contributed by atoms with Gasteiger partial charge < -0.3 is 14.6 Å². The monoisotopic (exact) mass is 531 g/mol. The highest BCUT2D eigenvalue weighted by molar-refractivity contribution is 7.85. The molecule has 3 aromatic rings. The predicted octanol–water partition coefficient (Wildman–Crippen LogP) is 4.71. The van der Waals surface area contributed by atoms with Crippen molar-refractivity contribution in [2.75, 3.05) is 29.5 Å². The molecule has 1 amide bonds. The molecule has 2 aliphatic carbocycles. The van der Waals surface area contributed by atoms with Crippen LogP contribution in [0, 0.1) is 17.2 Å². The average Bonchev–Trinajstić information content (AvgIpc) is 3.57. The summed E-state index contributed by atoms with van der Waals surface area (Å²) < 4.78 is 17.0. The minimum Gasteiger partial charge on any atom is -0.443 e. The molecular formula is C29H33N5O3S. The average molecular weight is 532 g/mol. The standard InChI is InChI=1S/C18H17N3O2S.C11H16N2O/c22-24-11-9-21(10-12-24)15-6-4-14(5-7-15)17-13-23-18(20-17)16-3-1-2-8-19-16;12-8-11(6-7-11)13-10(14)9-4-2-1-3-5-9/h1-8,13H,9-12H2;9H,1-7H2,(H,13,14). The fourth-order valence-electron chi connectivity index (χ4n) is 4.84. The van der Waals surface area contributed by atoms with Gasteiger partial charge in [-0.2, -0.15) is 5.26 Å². The second-order valence-corrected chi connectivity index (χ2v) is 11.8. The van der Waals surface area contributed by atoms with Crippen LogP contribution >= 0.6 is 0 Å². The Morgan fingerprint density at radius 3 is 2.42 bits per heavy atom. The lowest BCUT2D eigenvalue weighted by molar-refractivity contribution is -0.126. The van der Waals surface area contributed by atoms with E-state index in [0.717, 1.165) is 85.8 Å². The van der Waals surface area contributed by atoms with Crippen molar-refractivity contribution in [3.05, 3.63) is 54.9 Å². The highest BCUT2D eigenvalue weighted by Crippen LogP contribution is 2.35. The van der Waals surface area contributed by atoms with E-state index >= 15 is 0 Å². The Labute approximate surface area is 225 Å². The Morgan fingerprint density at radius 1 is 1.05 bits per heavy atom. The van der Waals surface area contributed by atoms with Crippen molar-refractivity contribution < 1.29 is 13.4 Å². The summed E-state index contributed by atoms with van der Waals surface area (Å²) in [5, 5.41) is 11.7. The van der Waals surface area contributed by atoms with E-state index in [0.29, 0.717) is 5.89 Å². The number of amides is 1. The van der Waals surface area contributed by atoms with Crippen molar-refractivity contribution in [2.45, 2.75) is 50.5 Å². The maximum absolute atomic E-state index is 11.8. The topological polar surface area (TPSA) is 112 Å². The van der Waals surface area contributed by atoms with Gasteiger partial charge in [-0.05, 0) is 49.9 Å². The molecule has 6 rings (SSSR count). The van der Waals surface area contributed by atoms with Gasteiger partial charge in [-0.1, -0.05) is 37.5 Å². The number of carbonyl (C=O) groups is 1. The first-order chi connectivity index (χ1) is 18.5. The number of nitrogens with one attached hydrogen (secondary N) is 1. The second kappa shape index (κ2) is 11.9. The SMILES string of the molecule is N#CC1(NC(=O)C2CCCCC2)CC1.O=S1CCN(c2ccc(-c3coc(-c4ccccn4)n3)cc2)CC1. The number of rotatable bonds is 5. The van der Waals surface area contributed by atoms with Crippen molar-refractivity contribution >= 4 is 22.4 Å². The number of pyridine rings is 1. The van der Waals surface area contributed by atoms with Crippen LogP contribution in [0.15, 0.2) is 59.3 Å². The van der Waals surface area contributed by atoms with Crippen LogP contribution < -0.4 is 10.2 Å². The van der Waals surface area contributed by atoms with Crippen LogP contribution in [0.4, 0.5) is 5.69 Å². The smallest absolute Gasteiger partial charge is 0.245 e. The zero-order valence-electron chi connectivity index (χ0n) is 21.5. The molecule has 0 atom stereocenters. The summed E-state index contributed by atoms with van der Waals surface area (Å²) in [6, 6.07) is 16.1. The molecule has 1 aromatic carbocycles. The lowest BCUT2D eigenvalue weighted by Crippen LogP contribution is -2.40. The van der Waals surface area contributed by atoms with Gasteiger partial charge in [0.05, 0.1) is 6.07 Å². The summed E-state index contributed by atoms with van der Waals surface area (Å²) in [5.74, 6) is 2.31. The van der Waals surface area contributed by atoms with Crippen molar-refractivity contribution in [1.82, 2.24) is 15.3 Å². The van der Waals surface area contributed by atoms with Crippen LogP contribution in [0.3, 0.4) is 0 Å². The minimum absolute atomic E-state index is 0.115. The maximum Gasteiger partial charge on any atom is 0.245 e. The molecule has 1 saturated heterocycles. The second-order valence-electron chi connectivity index (χ2n) is 10.2. The molecule has 1 N–H and O–H groups in total. The summed E-state index contributed by atoms with van der Waals surface area (Å²) in [4.78, 5) is 22.8. The quantitative estimate of drug-likeness (QED) is 0.507. The summed E-state index contributed by atoms with van der Waals surface area (Å²) in [5.41, 5.74) is 3.20. The molecule has 198 valence electrons. The molecular weight excluding hydrogens is 498 g/mol. The largest absolute Gasteiger partial charge is 0.443 e. The van der Waals surface area contributed by atoms with Gasteiger partial charge in [-0.15, -0.1) is 0 Å². The van der Waals surface area contributed by atoms with Crippen LogP contribution in [0.2, 0.25) is 0 Å². The van der Waals surface area contributed by atoms with Gasteiger partial charge in [0.2, 0.25) is 11.8 Å². The van der Waals surface area contributed by atoms with Crippen molar-refractivity contribution in [3.8, 4) is 28.9 Å². The number of carbonyl (C=O) groups excluding carboxylic acids is 1. The van der Waals surface area contributed by atoms with E-state index in [1.54, 1.807) is 12.5 Å². The van der Waals surface area contributed by atoms with Crippen molar-refractivity contribution in [1.29, 1.82) is 5.26 Å². The Bertz CT molecular complexity index is 1280. The third-order valence-corrected chi connectivity index (χ3v) is 8.67. The van der Waals surface area contributed by atoms with Crippen molar-refractivity contribution in [2.24, 2.45) is 5.92 Å². The number of benzene rings is 1. The molecule has 2 saturated carbocycles. The van der Waals surface area contributed by atoms with Gasteiger partial charge in [0.1, 0.15) is 23.2 Å². The predicted molar refractivity (Wildman–Crippen MR) is 148 cm³/mol. The van der Waals surface area contributed by atoms with Crippen LogP contribution in [0.5, 0.6) is 0 Å². The number of nitrogens with zero attached hydrogens (tertiary/aromatic N) is 4. The Morgan fingerprint density at radius 2 is 1.79 bits per heavy atom. The molecule has 2 aromatic heterocycles. The highest BCUT2D eigenvalue weighted by atomic mass is 32.2. The zero-order valence-corrected chi connectivity index (χ0v) is 22.3. The number of anilines is 1. The first kappa shape index (κ1) is 26.1. The highest BCUT2D eigenvalue weighted by Gasteiger charge is 2.45. The maximum atomic E-state index is 11.8. The summed E-state index contributed by atoms with van der Waals surface area (Å²) in [7, 11) is -0.654. The van der Waals surface area contributed by atoms with E-state index in [9.17, 15) is 9.00 Å². The first-order valence-corrected chi connectivity index (χ1v) is 14.8. The normalized spacial score (nSPS) is 19.1. The Balaban J connectivity index is 0.000000179. The molecule has 8 nitrogen and oxygen atoms in total. The molecule has 3 aliphatic rings. The molecule has 1 aliphatic heterocycles. The molecule has 0 radical (unpaired) electrons. The van der Waals surface area contributed by atoms with E-state index in [-0.39, 0.29) is 11.8 Å². The fourth-order valence-corrected chi connectivity index (χ4v) is 5.90. The number of hydrogen-bond donors (Lipinski definition) is 1. The van der Waals surface area contributed by atoms with Gasteiger partial charge in [0, 0.05) is 58.8 Å². The van der Waals surface area contributed by atoms with E-state index in [4.69, 9.17) is 9.68 Å². The van der Waals surface area contributed by atoms with Gasteiger partial charge in [0.25, 0.3) is 0 Å². The summed E-state index contributed by atoms with van der Waals surface area (Å²) >= 11 is 0. The number of oxazole rings is 1. The van der Waals surface area contributed by atoms with Crippen LogP contribution in [-0.4, -0.2) is 50.2 Å². The molecule has 0 bridgehead atoms. The van der Waals surface area contributed by atoms with E-state index < -0.39 is 16.3 Å². The lowest BCUT2D eigenvalue weighted by atomic mass is 9.88. The first-order valence-electron chi connectivity index (χ1n) is 13.4. The Kier molecular flexibility index (Phi) is 8.18. The van der Waals surface area contributed by atoms with Crippen molar-refractivity contribution in [3.63, 3.8) is 0 Å². The van der Waals surface area contributed by atoms with Crippen LogP contribution in [0.1, 0.15) is 44.9 Å². The van der Waals surface area contributed by atoms with E-state index in [1.807, 2.05) is 30.3 Å². The molecule has 0 unspecified atom stereocenters. The third-order valence-electron chi connectivity index (χ3n) is 7.40. The molecule has 9 heteroatoms. The van der Waals surface area contributed by atoms with Crippen LogP contribution in [0.25, 0.3) is 22.8 Å². The number of aromatic nitrogens is 2. The molecule has 0 spiro atoms. The summed E-state index contributed by atoms with van der Waals surface area (Å²) in [6.45, 7) is 1.69. The van der Waals surface area contributed by atoms with Gasteiger partial charge in [0.15, 0.2) is 0 Å². The van der Waals surface area contributed by atoms with Gasteiger partial charge >= 0.3 is 0 Å². The summed E-state index contributed by atoms with van der Waals surface area (Å²) in [6.07, 6.45) is 10.6. The Hall–Kier alpha value is -3.51. The molecule has 3 fully saturated rings. The lowest BCUT2D eigenvalue weighted by Gasteiger charge is -2.28. The molecule has 3 heterocycles. The van der Waals surface area contributed by atoms with E-state index in [1.165, 1.54) is 6.42 Å².